The van der Waals surface area contributed by atoms with E-state index in [1.807, 2.05) is 35.2 Å². The number of carbonyl (C=O) groups excluding carboxylic acids is 2. The van der Waals surface area contributed by atoms with Crippen molar-refractivity contribution >= 4 is 17.5 Å². The lowest BCUT2D eigenvalue weighted by molar-refractivity contribution is -0.114. The first-order valence-electron chi connectivity index (χ1n) is 9.66. The minimum atomic E-state index is -0.168. The number of anilines is 1. The predicted octanol–water partition coefficient (Wildman–Crippen LogP) is 3.71. The summed E-state index contributed by atoms with van der Waals surface area (Å²) in [7, 11) is 0. The van der Waals surface area contributed by atoms with Gasteiger partial charge in [-0.1, -0.05) is 24.3 Å². The Hall–Kier alpha value is -3.48. The maximum atomic E-state index is 13.0. The molecule has 1 N–H and O–H groups in total. The first-order chi connectivity index (χ1) is 14.1. The van der Waals surface area contributed by atoms with Gasteiger partial charge in [-0.05, 0) is 43.2 Å². The van der Waals surface area contributed by atoms with Crippen LogP contribution in [0.3, 0.4) is 0 Å². The lowest BCUT2D eigenvalue weighted by atomic mass is 9.97. The molecule has 2 amide bonds. The fraction of sp³-hybridized carbons (Fsp3) is 0.273. The van der Waals surface area contributed by atoms with E-state index in [0.717, 1.165) is 18.4 Å². The molecule has 1 aromatic heterocycles. The SMILES string of the molecule is CC(=O)Nc1cccc(C(=O)N2CCCC(c3nnc(-c4ccccc4)o3)C2)c1. The van der Waals surface area contributed by atoms with Crippen LogP contribution in [0.5, 0.6) is 0 Å². The van der Waals surface area contributed by atoms with Crippen LogP contribution in [0, 0.1) is 0 Å². The fourth-order valence-electron chi connectivity index (χ4n) is 3.58. The van der Waals surface area contributed by atoms with E-state index in [9.17, 15) is 9.59 Å². The van der Waals surface area contributed by atoms with Crippen molar-refractivity contribution in [2.75, 3.05) is 18.4 Å². The van der Waals surface area contributed by atoms with Gasteiger partial charge < -0.3 is 14.6 Å². The van der Waals surface area contributed by atoms with E-state index in [0.29, 0.717) is 36.1 Å². The standard InChI is InChI=1S/C22H22N4O3/c1-15(27)23-19-11-5-9-17(13-19)22(28)26-12-6-10-18(14-26)21-25-24-20(29-21)16-7-3-2-4-8-16/h2-5,7-9,11,13,18H,6,10,12,14H2,1H3,(H,23,27). The quantitative estimate of drug-likeness (QED) is 0.734. The van der Waals surface area contributed by atoms with E-state index < -0.39 is 0 Å². The van der Waals surface area contributed by atoms with Gasteiger partial charge in [-0.15, -0.1) is 10.2 Å². The monoisotopic (exact) mass is 390 g/mol. The van der Waals surface area contributed by atoms with Crippen LogP contribution >= 0.6 is 0 Å². The Morgan fingerprint density at radius 1 is 1.10 bits per heavy atom. The average Bonchev–Trinajstić information content (AvgIpc) is 3.24. The summed E-state index contributed by atoms with van der Waals surface area (Å²) in [6.45, 7) is 2.65. The second-order valence-electron chi connectivity index (χ2n) is 7.16. The second kappa shape index (κ2) is 8.26. The number of hydrogen-bond acceptors (Lipinski definition) is 5. The third-order valence-corrected chi connectivity index (χ3v) is 4.95. The lowest BCUT2D eigenvalue weighted by Crippen LogP contribution is -2.39. The Kier molecular flexibility index (Phi) is 5.37. The van der Waals surface area contributed by atoms with Crippen molar-refractivity contribution in [3.05, 3.63) is 66.1 Å². The van der Waals surface area contributed by atoms with Crippen LogP contribution in [0.4, 0.5) is 5.69 Å². The summed E-state index contributed by atoms with van der Waals surface area (Å²) in [5.74, 6) is 0.833. The van der Waals surface area contributed by atoms with Crippen LogP contribution in [0.2, 0.25) is 0 Å². The molecular weight excluding hydrogens is 368 g/mol. The number of aromatic nitrogens is 2. The van der Waals surface area contributed by atoms with E-state index >= 15 is 0 Å². The van der Waals surface area contributed by atoms with Crippen molar-refractivity contribution in [2.45, 2.75) is 25.7 Å². The van der Waals surface area contributed by atoms with Crippen molar-refractivity contribution in [3.8, 4) is 11.5 Å². The number of nitrogens with one attached hydrogen (secondary N) is 1. The molecular formula is C22H22N4O3. The van der Waals surface area contributed by atoms with E-state index in [1.54, 1.807) is 24.3 Å². The molecule has 7 nitrogen and oxygen atoms in total. The summed E-state index contributed by atoms with van der Waals surface area (Å²) in [5.41, 5.74) is 2.04. The zero-order valence-corrected chi connectivity index (χ0v) is 16.2. The highest BCUT2D eigenvalue weighted by molar-refractivity contribution is 5.96. The number of likely N-dealkylation sites (tertiary alicyclic amines) is 1. The van der Waals surface area contributed by atoms with Gasteiger partial charge in [0, 0.05) is 36.8 Å². The Bertz CT molecular complexity index is 1020. The molecule has 4 rings (SSSR count). The lowest BCUT2D eigenvalue weighted by Gasteiger charge is -2.31. The normalized spacial score (nSPS) is 16.4. The maximum absolute atomic E-state index is 13.0. The maximum Gasteiger partial charge on any atom is 0.253 e. The van der Waals surface area contributed by atoms with Gasteiger partial charge in [0.05, 0.1) is 5.92 Å². The number of piperidine rings is 1. The highest BCUT2D eigenvalue weighted by Gasteiger charge is 2.29. The van der Waals surface area contributed by atoms with E-state index in [-0.39, 0.29) is 17.7 Å². The molecule has 2 aromatic carbocycles. The highest BCUT2D eigenvalue weighted by Crippen LogP contribution is 2.29. The highest BCUT2D eigenvalue weighted by atomic mass is 16.4. The average molecular weight is 390 g/mol. The van der Waals surface area contributed by atoms with Crippen molar-refractivity contribution < 1.29 is 14.0 Å². The molecule has 3 aromatic rings. The molecule has 2 heterocycles. The summed E-state index contributed by atoms with van der Waals surface area (Å²) in [6.07, 6.45) is 1.76. The van der Waals surface area contributed by atoms with Gasteiger partial charge in [-0.3, -0.25) is 9.59 Å². The first-order valence-corrected chi connectivity index (χ1v) is 9.66. The molecule has 29 heavy (non-hydrogen) atoms. The molecule has 1 aliphatic rings. The van der Waals surface area contributed by atoms with E-state index in [1.165, 1.54) is 6.92 Å². The Morgan fingerprint density at radius 3 is 2.72 bits per heavy atom. The molecule has 148 valence electrons. The van der Waals surface area contributed by atoms with Crippen LogP contribution < -0.4 is 5.32 Å². The predicted molar refractivity (Wildman–Crippen MR) is 108 cm³/mol. The summed E-state index contributed by atoms with van der Waals surface area (Å²) in [5, 5.41) is 11.1. The molecule has 0 bridgehead atoms. The molecule has 1 atom stereocenters. The van der Waals surface area contributed by atoms with Gasteiger partial charge in [0.25, 0.3) is 5.91 Å². The van der Waals surface area contributed by atoms with Crippen molar-refractivity contribution in [1.82, 2.24) is 15.1 Å². The van der Waals surface area contributed by atoms with E-state index in [4.69, 9.17) is 4.42 Å². The molecule has 1 aliphatic heterocycles. The minimum absolute atomic E-state index is 0.0104. The van der Waals surface area contributed by atoms with Crippen LogP contribution in [0.15, 0.2) is 59.0 Å². The number of benzene rings is 2. The Labute approximate surface area is 168 Å². The van der Waals surface area contributed by atoms with Gasteiger partial charge in [0.2, 0.25) is 17.7 Å². The largest absolute Gasteiger partial charge is 0.420 e. The van der Waals surface area contributed by atoms with Gasteiger partial charge in [-0.2, -0.15) is 0 Å². The zero-order chi connectivity index (χ0) is 20.2. The van der Waals surface area contributed by atoms with Gasteiger partial charge in [-0.25, -0.2) is 0 Å². The third-order valence-electron chi connectivity index (χ3n) is 4.95. The molecule has 1 fully saturated rings. The van der Waals surface area contributed by atoms with Crippen LogP contribution in [-0.4, -0.2) is 40.0 Å². The van der Waals surface area contributed by atoms with Crippen molar-refractivity contribution in [1.29, 1.82) is 0 Å². The van der Waals surface area contributed by atoms with Crippen molar-refractivity contribution in [2.24, 2.45) is 0 Å². The molecule has 0 spiro atoms. The summed E-state index contributed by atoms with van der Waals surface area (Å²) in [4.78, 5) is 26.1. The van der Waals surface area contributed by atoms with Gasteiger partial charge in [0.15, 0.2) is 0 Å². The first kappa shape index (κ1) is 18.9. The Balaban J connectivity index is 1.48. The smallest absolute Gasteiger partial charge is 0.253 e. The van der Waals surface area contributed by atoms with Crippen LogP contribution in [-0.2, 0) is 4.79 Å². The number of carbonyl (C=O) groups is 2. The minimum Gasteiger partial charge on any atom is -0.420 e. The molecule has 1 unspecified atom stereocenters. The topological polar surface area (TPSA) is 88.3 Å². The second-order valence-corrected chi connectivity index (χ2v) is 7.16. The summed E-state index contributed by atoms with van der Waals surface area (Å²) < 4.78 is 5.90. The molecule has 1 saturated heterocycles. The molecule has 7 heteroatoms. The molecule has 0 saturated carbocycles. The van der Waals surface area contributed by atoms with Gasteiger partial charge >= 0.3 is 0 Å². The van der Waals surface area contributed by atoms with Gasteiger partial charge in [0.1, 0.15) is 0 Å². The molecule has 0 radical (unpaired) electrons. The number of rotatable bonds is 4. The Morgan fingerprint density at radius 2 is 1.93 bits per heavy atom. The van der Waals surface area contributed by atoms with Crippen LogP contribution in [0.1, 0.15) is 41.9 Å². The number of amides is 2. The zero-order valence-electron chi connectivity index (χ0n) is 16.2. The number of hydrogen-bond donors (Lipinski definition) is 1. The summed E-state index contributed by atoms with van der Waals surface area (Å²) >= 11 is 0. The number of nitrogens with zero attached hydrogens (tertiary/aromatic N) is 3. The molecule has 0 aliphatic carbocycles. The summed E-state index contributed by atoms with van der Waals surface area (Å²) in [6, 6.07) is 16.6. The fourth-order valence-corrected chi connectivity index (χ4v) is 3.58. The van der Waals surface area contributed by atoms with Crippen LogP contribution in [0.25, 0.3) is 11.5 Å². The third kappa shape index (κ3) is 4.34. The van der Waals surface area contributed by atoms with Crippen molar-refractivity contribution in [3.63, 3.8) is 0 Å². The van der Waals surface area contributed by atoms with E-state index in [2.05, 4.69) is 15.5 Å².